The number of rotatable bonds is 7. The minimum absolute atomic E-state index is 0.422. The first-order valence-electron chi connectivity index (χ1n) is 6.73. The average molecular weight is 244 g/mol. The van der Waals surface area contributed by atoms with E-state index in [9.17, 15) is 0 Å². The second-order valence-corrected chi connectivity index (χ2v) is 5.10. The van der Waals surface area contributed by atoms with Gasteiger partial charge in [0.15, 0.2) is 0 Å². The van der Waals surface area contributed by atoms with Gasteiger partial charge >= 0.3 is 0 Å². The van der Waals surface area contributed by atoms with Crippen molar-refractivity contribution < 1.29 is 9.47 Å². The molecule has 1 fully saturated rings. The zero-order valence-electron chi connectivity index (χ0n) is 11.5. The van der Waals surface area contributed by atoms with Crippen molar-refractivity contribution in [3.63, 3.8) is 0 Å². The molecule has 0 aromatic carbocycles. The second-order valence-electron chi connectivity index (χ2n) is 5.10. The zero-order valence-corrected chi connectivity index (χ0v) is 11.5. The van der Waals surface area contributed by atoms with E-state index in [-0.39, 0.29) is 0 Å². The lowest BCUT2D eigenvalue weighted by molar-refractivity contribution is -0.00397. The van der Waals surface area contributed by atoms with Crippen LogP contribution in [-0.4, -0.2) is 57.0 Å². The summed E-state index contributed by atoms with van der Waals surface area (Å²) in [6.45, 7) is 8.64. The molecule has 1 saturated heterocycles. The van der Waals surface area contributed by atoms with Crippen molar-refractivity contribution in [2.24, 2.45) is 11.7 Å². The SMILES string of the molecule is COCCN(C(C)C)C(CN)C1CCCOC1. The van der Waals surface area contributed by atoms with E-state index in [1.807, 2.05) is 0 Å². The first-order chi connectivity index (χ1) is 8.20. The van der Waals surface area contributed by atoms with Crippen molar-refractivity contribution in [1.82, 2.24) is 4.90 Å². The summed E-state index contributed by atoms with van der Waals surface area (Å²) in [5, 5.41) is 0. The first-order valence-corrected chi connectivity index (χ1v) is 6.73. The van der Waals surface area contributed by atoms with E-state index < -0.39 is 0 Å². The molecule has 0 aliphatic carbocycles. The van der Waals surface area contributed by atoms with Crippen LogP contribution in [0, 0.1) is 5.92 Å². The summed E-state index contributed by atoms with van der Waals surface area (Å²) in [7, 11) is 1.75. The van der Waals surface area contributed by atoms with Crippen molar-refractivity contribution in [2.45, 2.75) is 38.8 Å². The van der Waals surface area contributed by atoms with Gasteiger partial charge in [-0.3, -0.25) is 4.90 Å². The molecular formula is C13H28N2O2. The fourth-order valence-electron chi connectivity index (χ4n) is 2.67. The Hall–Kier alpha value is -0.160. The molecule has 0 amide bonds. The average Bonchev–Trinajstić information content (AvgIpc) is 2.35. The highest BCUT2D eigenvalue weighted by Gasteiger charge is 2.29. The molecule has 1 heterocycles. The molecule has 0 bridgehead atoms. The van der Waals surface area contributed by atoms with Gasteiger partial charge in [-0.05, 0) is 32.6 Å². The minimum Gasteiger partial charge on any atom is -0.383 e. The van der Waals surface area contributed by atoms with Crippen molar-refractivity contribution in [2.75, 3.05) is 40.0 Å². The molecule has 0 spiro atoms. The van der Waals surface area contributed by atoms with E-state index in [4.69, 9.17) is 15.2 Å². The fraction of sp³-hybridized carbons (Fsp3) is 1.00. The van der Waals surface area contributed by atoms with Crippen molar-refractivity contribution >= 4 is 0 Å². The van der Waals surface area contributed by atoms with Gasteiger partial charge in [-0.15, -0.1) is 0 Å². The van der Waals surface area contributed by atoms with Gasteiger partial charge in [0.25, 0.3) is 0 Å². The quantitative estimate of drug-likeness (QED) is 0.728. The predicted molar refractivity (Wildman–Crippen MR) is 70.1 cm³/mol. The number of ether oxygens (including phenoxy) is 2. The van der Waals surface area contributed by atoms with Gasteiger partial charge in [0, 0.05) is 38.9 Å². The van der Waals surface area contributed by atoms with Crippen molar-refractivity contribution in [1.29, 1.82) is 0 Å². The molecule has 0 aromatic heterocycles. The summed E-state index contributed by atoms with van der Waals surface area (Å²) in [6.07, 6.45) is 2.40. The lowest BCUT2D eigenvalue weighted by Crippen LogP contribution is -2.51. The zero-order chi connectivity index (χ0) is 12.7. The van der Waals surface area contributed by atoms with E-state index in [0.29, 0.717) is 24.5 Å². The molecule has 2 atom stereocenters. The summed E-state index contributed by atoms with van der Waals surface area (Å²) >= 11 is 0. The molecule has 1 aliphatic heterocycles. The standard InChI is InChI=1S/C13H28N2O2/c1-11(2)15(6-8-16-3)13(9-14)12-5-4-7-17-10-12/h11-13H,4-10,14H2,1-3H3. The van der Waals surface area contributed by atoms with Crippen LogP contribution in [0.2, 0.25) is 0 Å². The lowest BCUT2D eigenvalue weighted by Gasteiger charge is -2.40. The molecule has 102 valence electrons. The molecule has 1 rings (SSSR count). The van der Waals surface area contributed by atoms with Crippen molar-refractivity contribution in [3.05, 3.63) is 0 Å². The number of nitrogens with two attached hydrogens (primary N) is 1. The van der Waals surface area contributed by atoms with E-state index in [0.717, 1.165) is 32.8 Å². The number of hydrogen-bond donors (Lipinski definition) is 1. The Kier molecular flexibility index (Phi) is 7.04. The highest BCUT2D eigenvalue weighted by atomic mass is 16.5. The largest absolute Gasteiger partial charge is 0.383 e. The van der Waals surface area contributed by atoms with Crippen LogP contribution in [0.3, 0.4) is 0 Å². The summed E-state index contributed by atoms with van der Waals surface area (Å²) in [6, 6.07) is 0.922. The van der Waals surface area contributed by atoms with Crippen LogP contribution in [0.15, 0.2) is 0 Å². The maximum atomic E-state index is 5.98. The summed E-state index contributed by atoms with van der Waals surface area (Å²) in [5.41, 5.74) is 5.98. The lowest BCUT2D eigenvalue weighted by atomic mass is 9.91. The molecule has 2 unspecified atom stereocenters. The summed E-state index contributed by atoms with van der Waals surface area (Å²) in [4.78, 5) is 2.46. The highest BCUT2D eigenvalue weighted by Crippen LogP contribution is 2.22. The van der Waals surface area contributed by atoms with Crippen LogP contribution < -0.4 is 5.73 Å². The smallest absolute Gasteiger partial charge is 0.0589 e. The Morgan fingerprint density at radius 2 is 2.24 bits per heavy atom. The summed E-state index contributed by atoms with van der Waals surface area (Å²) in [5.74, 6) is 0.577. The van der Waals surface area contributed by atoms with Crippen LogP contribution in [0.5, 0.6) is 0 Å². The molecule has 4 heteroatoms. The molecule has 0 radical (unpaired) electrons. The van der Waals surface area contributed by atoms with Gasteiger partial charge in [0.05, 0.1) is 13.2 Å². The van der Waals surface area contributed by atoms with Gasteiger partial charge < -0.3 is 15.2 Å². The first kappa shape index (κ1) is 14.9. The number of nitrogens with zero attached hydrogens (tertiary/aromatic N) is 1. The van der Waals surface area contributed by atoms with Crippen molar-refractivity contribution in [3.8, 4) is 0 Å². The Bertz CT molecular complexity index is 194. The Balaban J connectivity index is 2.58. The van der Waals surface area contributed by atoms with Crippen LogP contribution in [-0.2, 0) is 9.47 Å². The van der Waals surface area contributed by atoms with Gasteiger partial charge in [0.2, 0.25) is 0 Å². The summed E-state index contributed by atoms with van der Waals surface area (Å²) < 4.78 is 10.8. The third-order valence-corrected chi connectivity index (χ3v) is 3.62. The highest BCUT2D eigenvalue weighted by molar-refractivity contribution is 4.83. The molecule has 2 N–H and O–H groups in total. The maximum absolute atomic E-state index is 5.98. The van der Waals surface area contributed by atoms with Crippen LogP contribution in [0.4, 0.5) is 0 Å². The monoisotopic (exact) mass is 244 g/mol. The third kappa shape index (κ3) is 4.54. The van der Waals surface area contributed by atoms with E-state index in [2.05, 4.69) is 18.7 Å². The van der Waals surface area contributed by atoms with Gasteiger partial charge in [-0.2, -0.15) is 0 Å². The van der Waals surface area contributed by atoms with E-state index in [1.54, 1.807) is 7.11 Å². The van der Waals surface area contributed by atoms with Crippen LogP contribution >= 0.6 is 0 Å². The fourth-order valence-corrected chi connectivity index (χ4v) is 2.67. The van der Waals surface area contributed by atoms with Crippen LogP contribution in [0.25, 0.3) is 0 Å². The molecule has 0 aromatic rings. The Morgan fingerprint density at radius 3 is 2.71 bits per heavy atom. The van der Waals surface area contributed by atoms with E-state index >= 15 is 0 Å². The minimum atomic E-state index is 0.422. The molecule has 17 heavy (non-hydrogen) atoms. The molecule has 4 nitrogen and oxygen atoms in total. The van der Waals surface area contributed by atoms with Gasteiger partial charge in [-0.25, -0.2) is 0 Å². The molecule has 1 aliphatic rings. The number of methoxy groups -OCH3 is 1. The predicted octanol–water partition coefficient (Wildman–Crippen LogP) is 1.10. The van der Waals surface area contributed by atoms with Crippen LogP contribution in [0.1, 0.15) is 26.7 Å². The Labute approximate surface area is 105 Å². The molecule has 0 saturated carbocycles. The van der Waals surface area contributed by atoms with E-state index in [1.165, 1.54) is 6.42 Å². The second kappa shape index (κ2) is 8.03. The number of hydrogen-bond acceptors (Lipinski definition) is 4. The maximum Gasteiger partial charge on any atom is 0.0589 e. The Morgan fingerprint density at radius 1 is 1.47 bits per heavy atom. The van der Waals surface area contributed by atoms with Gasteiger partial charge in [0.1, 0.15) is 0 Å². The third-order valence-electron chi connectivity index (χ3n) is 3.62. The normalized spacial score (nSPS) is 23.3. The molecular weight excluding hydrogens is 216 g/mol. The van der Waals surface area contributed by atoms with Gasteiger partial charge in [-0.1, -0.05) is 0 Å². The topological polar surface area (TPSA) is 47.7 Å².